The van der Waals surface area contributed by atoms with Crippen LogP contribution in [0.5, 0.6) is 0 Å². The molecule has 0 amide bonds. The van der Waals surface area contributed by atoms with Gasteiger partial charge in [0.15, 0.2) is 0 Å². The van der Waals surface area contributed by atoms with Gasteiger partial charge in [-0.2, -0.15) is 0 Å². The molecule has 0 radical (unpaired) electrons. The van der Waals surface area contributed by atoms with Gasteiger partial charge in [0.2, 0.25) is 0 Å². The molecule has 0 aromatic heterocycles. The summed E-state index contributed by atoms with van der Waals surface area (Å²) in [4.78, 5) is 2.72. The van der Waals surface area contributed by atoms with E-state index in [2.05, 4.69) is 18.7 Å². The number of likely N-dealkylation sites (tertiary alicyclic amines) is 1. The van der Waals surface area contributed by atoms with Crippen LogP contribution < -0.4 is 5.73 Å². The van der Waals surface area contributed by atoms with Crippen molar-refractivity contribution in [3.05, 3.63) is 0 Å². The van der Waals surface area contributed by atoms with Gasteiger partial charge in [0.1, 0.15) is 0 Å². The molecule has 1 aliphatic carbocycles. The van der Waals surface area contributed by atoms with Crippen LogP contribution in [-0.4, -0.2) is 43.3 Å². The van der Waals surface area contributed by atoms with Crippen LogP contribution in [0.2, 0.25) is 0 Å². The summed E-state index contributed by atoms with van der Waals surface area (Å²) in [7, 11) is 1.85. The van der Waals surface area contributed by atoms with E-state index >= 15 is 0 Å². The first kappa shape index (κ1) is 16.3. The number of ether oxygens (including phenoxy) is 1. The lowest BCUT2D eigenvalue weighted by Crippen LogP contribution is -2.59. The molecule has 1 aliphatic heterocycles. The van der Waals surface area contributed by atoms with E-state index in [0.717, 1.165) is 6.54 Å². The minimum Gasteiger partial charge on any atom is -0.381 e. The van der Waals surface area contributed by atoms with Crippen molar-refractivity contribution in [3.8, 4) is 0 Å². The SMILES string of the molecule is CCC1(CC)CCN(C2(CN)CCC(OC)CC2)CC1. The smallest absolute Gasteiger partial charge is 0.0572 e. The summed E-state index contributed by atoms with van der Waals surface area (Å²) in [6, 6.07) is 0. The first-order chi connectivity index (χ1) is 9.63. The zero-order chi connectivity index (χ0) is 14.6. The Morgan fingerprint density at radius 2 is 1.60 bits per heavy atom. The summed E-state index contributed by atoms with van der Waals surface area (Å²) in [5, 5.41) is 0. The van der Waals surface area contributed by atoms with Gasteiger partial charge in [-0.3, -0.25) is 4.90 Å². The Kier molecular flexibility index (Phi) is 5.49. The molecule has 118 valence electrons. The molecular weight excluding hydrogens is 248 g/mol. The van der Waals surface area contributed by atoms with Crippen molar-refractivity contribution in [1.82, 2.24) is 4.90 Å². The Bertz CT molecular complexity index is 283. The van der Waals surface area contributed by atoms with E-state index in [4.69, 9.17) is 10.5 Å². The van der Waals surface area contributed by atoms with Crippen molar-refractivity contribution in [2.45, 2.75) is 76.9 Å². The van der Waals surface area contributed by atoms with Crippen LogP contribution in [0.25, 0.3) is 0 Å². The third kappa shape index (κ3) is 3.05. The Morgan fingerprint density at radius 1 is 1.05 bits per heavy atom. The first-order valence-corrected chi connectivity index (χ1v) is 8.61. The Labute approximate surface area is 125 Å². The summed E-state index contributed by atoms with van der Waals surface area (Å²) >= 11 is 0. The molecule has 20 heavy (non-hydrogen) atoms. The van der Waals surface area contributed by atoms with Gasteiger partial charge in [-0.1, -0.05) is 26.7 Å². The summed E-state index contributed by atoms with van der Waals surface area (Å²) in [6.45, 7) is 8.03. The predicted octanol–water partition coefficient (Wildman–Crippen LogP) is 3.18. The third-order valence-corrected chi connectivity index (χ3v) is 6.57. The summed E-state index contributed by atoms with van der Waals surface area (Å²) in [5.74, 6) is 0. The van der Waals surface area contributed by atoms with Crippen LogP contribution in [0, 0.1) is 5.41 Å². The molecule has 0 spiro atoms. The molecule has 1 heterocycles. The van der Waals surface area contributed by atoms with E-state index in [-0.39, 0.29) is 5.54 Å². The van der Waals surface area contributed by atoms with Gasteiger partial charge >= 0.3 is 0 Å². The highest BCUT2D eigenvalue weighted by molar-refractivity contribution is 4.99. The van der Waals surface area contributed by atoms with E-state index < -0.39 is 0 Å². The molecule has 3 heteroatoms. The molecule has 2 rings (SSSR count). The van der Waals surface area contributed by atoms with E-state index in [0.29, 0.717) is 11.5 Å². The third-order valence-electron chi connectivity index (χ3n) is 6.57. The summed E-state index contributed by atoms with van der Waals surface area (Å²) in [5.41, 5.74) is 7.08. The van der Waals surface area contributed by atoms with Gasteiger partial charge in [-0.25, -0.2) is 0 Å². The minimum absolute atomic E-state index is 0.267. The fourth-order valence-corrected chi connectivity index (χ4v) is 4.43. The van der Waals surface area contributed by atoms with Gasteiger partial charge in [-0.15, -0.1) is 0 Å². The van der Waals surface area contributed by atoms with Gasteiger partial charge in [0, 0.05) is 19.2 Å². The second kappa shape index (κ2) is 6.76. The van der Waals surface area contributed by atoms with Crippen LogP contribution in [0.4, 0.5) is 0 Å². The zero-order valence-electron chi connectivity index (χ0n) is 13.8. The number of nitrogens with zero attached hydrogens (tertiary/aromatic N) is 1. The first-order valence-electron chi connectivity index (χ1n) is 8.61. The standard InChI is InChI=1S/C17H34N2O/c1-4-16(5-2)10-12-19(13-11-16)17(14-18)8-6-15(20-3)7-9-17/h15H,4-14,18H2,1-3H3. The van der Waals surface area contributed by atoms with Crippen molar-refractivity contribution in [1.29, 1.82) is 0 Å². The Morgan fingerprint density at radius 3 is 2.00 bits per heavy atom. The van der Waals surface area contributed by atoms with Crippen molar-refractivity contribution >= 4 is 0 Å². The maximum Gasteiger partial charge on any atom is 0.0572 e. The fourth-order valence-electron chi connectivity index (χ4n) is 4.43. The van der Waals surface area contributed by atoms with Gasteiger partial charge in [0.25, 0.3) is 0 Å². The molecule has 1 saturated heterocycles. The number of rotatable bonds is 5. The van der Waals surface area contributed by atoms with Crippen molar-refractivity contribution in [3.63, 3.8) is 0 Å². The normalized spacial score (nSPS) is 35.1. The van der Waals surface area contributed by atoms with E-state index in [1.54, 1.807) is 0 Å². The average molecular weight is 282 g/mol. The van der Waals surface area contributed by atoms with Crippen LogP contribution in [-0.2, 0) is 4.74 Å². The lowest BCUT2D eigenvalue weighted by molar-refractivity contribution is -0.0352. The van der Waals surface area contributed by atoms with Crippen LogP contribution >= 0.6 is 0 Å². The quantitative estimate of drug-likeness (QED) is 0.841. The molecular formula is C17H34N2O. The predicted molar refractivity (Wildman–Crippen MR) is 84.9 cm³/mol. The van der Waals surface area contributed by atoms with Gasteiger partial charge in [-0.05, 0) is 57.0 Å². The topological polar surface area (TPSA) is 38.5 Å². The number of nitrogens with two attached hydrogens (primary N) is 1. The van der Waals surface area contributed by atoms with Crippen LogP contribution in [0.3, 0.4) is 0 Å². The Hall–Kier alpha value is -0.120. The molecule has 0 aromatic rings. The molecule has 2 aliphatic rings. The van der Waals surface area contributed by atoms with E-state index in [9.17, 15) is 0 Å². The molecule has 0 unspecified atom stereocenters. The molecule has 1 saturated carbocycles. The molecule has 2 N–H and O–H groups in total. The second-order valence-corrected chi connectivity index (χ2v) is 7.06. The maximum atomic E-state index is 6.21. The highest BCUT2D eigenvalue weighted by Crippen LogP contribution is 2.42. The Balaban J connectivity index is 1.97. The fraction of sp³-hybridized carbons (Fsp3) is 1.00. The molecule has 2 fully saturated rings. The van der Waals surface area contributed by atoms with Crippen LogP contribution in [0.1, 0.15) is 65.2 Å². The average Bonchev–Trinajstić information content (AvgIpc) is 2.55. The number of piperidine rings is 1. The highest BCUT2D eigenvalue weighted by atomic mass is 16.5. The lowest BCUT2D eigenvalue weighted by Gasteiger charge is -2.52. The van der Waals surface area contributed by atoms with E-state index in [1.165, 1.54) is 64.5 Å². The van der Waals surface area contributed by atoms with Crippen LogP contribution in [0.15, 0.2) is 0 Å². The minimum atomic E-state index is 0.267. The van der Waals surface area contributed by atoms with Crippen molar-refractivity contribution in [2.24, 2.45) is 11.1 Å². The molecule has 0 atom stereocenters. The highest BCUT2D eigenvalue weighted by Gasteiger charge is 2.42. The zero-order valence-corrected chi connectivity index (χ0v) is 13.8. The van der Waals surface area contributed by atoms with Gasteiger partial charge in [0.05, 0.1) is 6.10 Å². The van der Waals surface area contributed by atoms with E-state index in [1.807, 2.05) is 7.11 Å². The summed E-state index contributed by atoms with van der Waals surface area (Å²) in [6.07, 6.45) is 10.6. The lowest BCUT2D eigenvalue weighted by atomic mass is 9.71. The monoisotopic (exact) mass is 282 g/mol. The number of methoxy groups -OCH3 is 1. The van der Waals surface area contributed by atoms with Crippen molar-refractivity contribution < 1.29 is 4.74 Å². The second-order valence-electron chi connectivity index (χ2n) is 7.06. The largest absolute Gasteiger partial charge is 0.381 e. The molecule has 0 bridgehead atoms. The number of hydrogen-bond acceptors (Lipinski definition) is 3. The van der Waals surface area contributed by atoms with Gasteiger partial charge < -0.3 is 10.5 Å². The molecule has 0 aromatic carbocycles. The summed E-state index contributed by atoms with van der Waals surface area (Å²) < 4.78 is 5.52. The molecule has 3 nitrogen and oxygen atoms in total. The maximum absolute atomic E-state index is 6.21. The number of hydrogen-bond donors (Lipinski definition) is 1. The van der Waals surface area contributed by atoms with Crippen molar-refractivity contribution in [2.75, 3.05) is 26.7 Å².